The zero-order valence-corrected chi connectivity index (χ0v) is 17.8. The lowest BCUT2D eigenvalue weighted by atomic mass is 10.2. The zero-order chi connectivity index (χ0) is 18.8. The summed E-state index contributed by atoms with van der Waals surface area (Å²) >= 11 is 10.6. The van der Waals surface area contributed by atoms with Crippen molar-refractivity contribution in [2.75, 3.05) is 25.2 Å². The molecule has 1 aliphatic rings. The first-order valence-corrected chi connectivity index (χ1v) is 11.8. The van der Waals surface area contributed by atoms with Gasteiger partial charge in [0.15, 0.2) is 16.3 Å². The Labute approximate surface area is 173 Å². The summed E-state index contributed by atoms with van der Waals surface area (Å²) < 4.78 is 15.2. The molecule has 5 nitrogen and oxygen atoms in total. The molecule has 1 amide bonds. The molecule has 0 radical (unpaired) electrons. The predicted octanol–water partition coefficient (Wildman–Crippen LogP) is 4.22. The van der Waals surface area contributed by atoms with Gasteiger partial charge in [-0.15, -0.1) is 11.3 Å². The number of rotatable bonds is 5. The second kappa shape index (κ2) is 8.26. The number of hydrogen-bond donors (Lipinski definition) is 0. The topological polar surface area (TPSA) is 52.8 Å². The highest BCUT2D eigenvalue weighted by molar-refractivity contribution is 7.98. The van der Waals surface area contributed by atoms with Crippen molar-refractivity contribution in [3.63, 3.8) is 0 Å². The molecule has 1 aliphatic heterocycles. The number of ether oxygens (including phenoxy) is 2. The van der Waals surface area contributed by atoms with Gasteiger partial charge in [-0.2, -0.15) is 16.8 Å². The van der Waals surface area contributed by atoms with Crippen LogP contribution in [0.5, 0.6) is 11.5 Å². The van der Waals surface area contributed by atoms with Gasteiger partial charge in [0.2, 0.25) is 0 Å². The summed E-state index contributed by atoms with van der Waals surface area (Å²) in [4.78, 5) is 18.5. The molecule has 9 heteroatoms. The molecule has 3 heterocycles. The van der Waals surface area contributed by atoms with Gasteiger partial charge in [0, 0.05) is 29.3 Å². The number of halogens is 1. The molecule has 0 unspecified atom stereocenters. The molecular weight excluding hydrogens is 424 g/mol. The van der Waals surface area contributed by atoms with Crippen LogP contribution in [0.1, 0.15) is 4.88 Å². The van der Waals surface area contributed by atoms with Gasteiger partial charge in [0.25, 0.3) is 5.91 Å². The van der Waals surface area contributed by atoms with Crippen molar-refractivity contribution in [3.05, 3.63) is 38.3 Å². The van der Waals surface area contributed by atoms with E-state index in [2.05, 4.69) is 15.8 Å². The number of fused-ring (bicyclic) bond motifs is 2. The molecule has 0 aliphatic carbocycles. The molecule has 0 saturated carbocycles. The number of aromatic nitrogens is 1. The summed E-state index contributed by atoms with van der Waals surface area (Å²) in [6.45, 7) is 1.87. The van der Waals surface area contributed by atoms with Crippen molar-refractivity contribution >= 4 is 62.2 Å². The fraction of sp³-hybridized carbons (Fsp3) is 0.333. The molecule has 0 bridgehead atoms. The monoisotopic (exact) mass is 440 g/mol. The molecule has 2 aromatic heterocycles. The highest BCUT2D eigenvalue weighted by Gasteiger charge is 2.17. The van der Waals surface area contributed by atoms with Gasteiger partial charge in [-0.1, -0.05) is 22.9 Å². The number of carbonyl (C=O) groups is 1. The molecule has 3 aromatic rings. The number of amides is 1. The van der Waals surface area contributed by atoms with E-state index in [1.807, 2.05) is 18.2 Å². The summed E-state index contributed by atoms with van der Waals surface area (Å²) in [7, 11) is 0. The van der Waals surface area contributed by atoms with E-state index in [1.54, 1.807) is 17.8 Å². The third-order valence-corrected chi connectivity index (χ3v) is 6.90. The minimum atomic E-state index is -0.171. The first kappa shape index (κ1) is 18.9. The van der Waals surface area contributed by atoms with Crippen LogP contribution in [0.15, 0.2) is 29.3 Å². The van der Waals surface area contributed by atoms with Gasteiger partial charge < -0.3 is 14.0 Å². The van der Waals surface area contributed by atoms with E-state index in [1.165, 1.54) is 22.7 Å². The van der Waals surface area contributed by atoms with E-state index in [9.17, 15) is 4.79 Å². The Kier molecular flexibility index (Phi) is 5.77. The number of carbonyl (C=O) groups excluding carboxylic acids is 1. The predicted molar refractivity (Wildman–Crippen MR) is 113 cm³/mol. The van der Waals surface area contributed by atoms with Crippen molar-refractivity contribution in [2.45, 2.75) is 13.0 Å². The highest BCUT2D eigenvalue weighted by Crippen LogP contribution is 2.35. The standard InChI is InChI=1S/C18H17ClN2O3S3/c1-25-7-4-21-12-9-13-14(24-6-5-23-13)10-15(12)27-18(21)20-17(22)8-11-2-3-16(19)26-11/h2-3,9-10H,4-8H2,1H3. The number of hydrogen-bond acceptors (Lipinski definition) is 6. The fourth-order valence-corrected chi connectivity index (χ4v) is 5.36. The largest absolute Gasteiger partial charge is 0.486 e. The van der Waals surface area contributed by atoms with Gasteiger partial charge in [-0.25, -0.2) is 0 Å². The maximum Gasteiger partial charge on any atom is 0.253 e. The van der Waals surface area contributed by atoms with Crippen molar-refractivity contribution in [1.82, 2.24) is 4.57 Å². The quantitative estimate of drug-likeness (QED) is 0.596. The average molecular weight is 441 g/mol. The number of aryl methyl sites for hydroxylation is 1. The lowest BCUT2D eigenvalue weighted by molar-refractivity contribution is -0.117. The van der Waals surface area contributed by atoms with Gasteiger partial charge in [-0.3, -0.25) is 4.79 Å². The van der Waals surface area contributed by atoms with E-state index in [-0.39, 0.29) is 12.3 Å². The normalized spacial score (nSPS) is 14.1. The van der Waals surface area contributed by atoms with E-state index in [0.717, 1.165) is 38.9 Å². The van der Waals surface area contributed by atoms with Crippen LogP contribution in [0.25, 0.3) is 10.2 Å². The van der Waals surface area contributed by atoms with Crippen LogP contribution in [-0.4, -0.2) is 35.7 Å². The van der Waals surface area contributed by atoms with E-state index in [4.69, 9.17) is 21.1 Å². The van der Waals surface area contributed by atoms with Crippen LogP contribution in [0.4, 0.5) is 0 Å². The minimum absolute atomic E-state index is 0.171. The van der Waals surface area contributed by atoms with Crippen LogP contribution in [0, 0.1) is 0 Å². The third kappa shape index (κ3) is 4.18. The van der Waals surface area contributed by atoms with Gasteiger partial charge in [-0.05, 0) is 18.4 Å². The Bertz CT molecular complexity index is 1050. The molecule has 4 rings (SSSR count). The zero-order valence-electron chi connectivity index (χ0n) is 14.6. The summed E-state index contributed by atoms with van der Waals surface area (Å²) in [5.74, 6) is 2.26. The van der Waals surface area contributed by atoms with Gasteiger partial charge >= 0.3 is 0 Å². The first-order chi connectivity index (χ1) is 13.1. The van der Waals surface area contributed by atoms with Crippen LogP contribution in [0.2, 0.25) is 4.34 Å². The van der Waals surface area contributed by atoms with Crippen molar-refractivity contribution < 1.29 is 14.3 Å². The number of thioether (sulfide) groups is 1. The molecule has 0 atom stereocenters. The second-order valence-electron chi connectivity index (χ2n) is 5.88. The molecule has 27 heavy (non-hydrogen) atoms. The van der Waals surface area contributed by atoms with Crippen LogP contribution >= 0.6 is 46.0 Å². The summed E-state index contributed by atoms with van der Waals surface area (Å²) in [5.41, 5.74) is 1.02. The van der Waals surface area contributed by atoms with Gasteiger partial charge in [0.1, 0.15) is 13.2 Å². The molecule has 0 saturated heterocycles. The molecule has 0 spiro atoms. The Morgan fingerprint density at radius 1 is 1.26 bits per heavy atom. The van der Waals surface area contributed by atoms with Crippen molar-refractivity contribution in [3.8, 4) is 11.5 Å². The Balaban J connectivity index is 1.74. The molecular formula is C18H17ClN2O3S3. The number of nitrogens with zero attached hydrogens (tertiary/aromatic N) is 2. The van der Waals surface area contributed by atoms with Crippen LogP contribution in [0.3, 0.4) is 0 Å². The first-order valence-electron chi connectivity index (χ1n) is 8.38. The molecule has 142 valence electrons. The summed E-state index contributed by atoms with van der Waals surface area (Å²) in [6, 6.07) is 7.64. The third-order valence-electron chi connectivity index (χ3n) is 4.04. The number of benzene rings is 1. The number of thiophene rings is 1. The maximum absolute atomic E-state index is 12.5. The lowest BCUT2D eigenvalue weighted by Gasteiger charge is -2.18. The van der Waals surface area contributed by atoms with Crippen LogP contribution in [-0.2, 0) is 17.8 Å². The van der Waals surface area contributed by atoms with Crippen LogP contribution < -0.4 is 14.3 Å². The van der Waals surface area contributed by atoms with Crippen molar-refractivity contribution in [2.24, 2.45) is 4.99 Å². The van der Waals surface area contributed by atoms with Crippen molar-refractivity contribution in [1.29, 1.82) is 0 Å². The Hall–Kier alpha value is -1.48. The summed E-state index contributed by atoms with van der Waals surface area (Å²) in [5, 5.41) is 0. The highest BCUT2D eigenvalue weighted by atomic mass is 35.5. The van der Waals surface area contributed by atoms with E-state index in [0.29, 0.717) is 22.4 Å². The second-order valence-corrected chi connectivity index (χ2v) is 9.68. The average Bonchev–Trinajstić information content (AvgIpc) is 3.20. The number of thiazole rings is 1. The molecule has 0 N–H and O–H groups in total. The fourth-order valence-electron chi connectivity index (χ4n) is 2.83. The van der Waals surface area contributed by atoms with E-state index < -0.39 is 0 Å². The molecule has 0 fully saturated rings. The van der Waals surface area contributed by atoms with E-state index >= 15 is 0 Å². The Morgan fingerprint density at radius 2 is 2.04 bits per heavy atom. The molecule has 1 aromatic carbocycles. The lowest BCUT2D eigenvalue weighted by Crippen LogP contribution is -2.19. The Morgan fingerprint density at radius 3 is 2.74 bits per heavy atom. The minimum Gasteiger partial charge on any atom is -0.486 e. The smallest absolute Gasteiger partial charge is 0.253 e. The SMILES string of the molecule is CSCCn1c(=NC(=O)Cc2ccc(Cl)s2)sc2cc3c(cc21)OCCO3. The van der Waals surface area contributed by atoms with Gasteiger partial charge in [0.05, 0.1) is 21.0 Å². The maximum atomic E-state index is 12.5. The summed E-state index contributed by atoms with van der Waals surface area (Å²) in [6.07, 6.45) is 2.33.